The molecule has 150 valence electrons. The highest BCUT2D eigenvalue weighted by molar-refractivity contribution is 5.89. The van der Waals surface area contributed by atoms with E-state index in [1.54, 1.807) is 12.4 Å². The molecule has 0 N–H and O–H groups in total. The van der Waals surface area contributed by atoms with Crippen LogP contribution in [0.2, 0.25) is 0 Å². The number of anilines is 2. The number of hydrogen-bond acceptors (Lipinski definition) is 6. The summed E-state index contributed by atoms with van der Waals surface area (Å²) < 4.78 is 0. The maximum Gasteiger partial charge on any atom is 0.0838 e. The number of nitrogens with zero attached hydrogens (tertiary/aromatic N) is 6. The van der Waals surface area contributed by atoms with Crippen molar-refractivity contribution in [1.29, 1.82) is 0 Å². The Labute approximate surface area is 176 Å². The van der Waals surface area contributed by atoms with E-state index >= 15 is 0 Å². The van der Waals surface area contributed by atoms with Crippen LogP contribution in [-0.4, -0.2) is 50.6 Å². The van der Waals surface area contributed by atoms with Gasteiger partial charge in [0.15, 0.2) is 0 Å². The summed E-state index contributed by atoms with van der Waals surface area (Å²) in [5.41, 5.74) is 5.69. The average molecular weight is 396 g/mol. The van der Waals surface area contributed by atoms with E-state index in [1.165, 1.54) is 0 Å². The molecule has 0 aliphatic carbocycles. The largest absolute Gasteiger partial charge is 0.378 e. The lowest BCUT2D eigenvalue weighted by atomic mass is 10.2. The van der Waals surface area contributed by atoms with Crippen LogP contribution < -0.4 is 9.80 Å². The van der Waals surface area contributed by atoms with Crippen LogP contribution in [0, 0.1) is 0 Å². The second-order valence-corrected chi connectivity index (χ2v) is 7.50. The summed E-state index contributed by atoms with van der Waals surface area (Å²) in [7, 11) is 8.11. The molecular weight excluding hydrogens is 372 g/mol. The lowest BCUT2D eigenvalue weighted by molar-refractivity contribution is 1.13. The Morgan fingerprint density at radius 3 is 1.43 bits per heavy atom. The van der Waals surface area contributed by atoms with Crippen molar-refractivity contribution < 1.29 is 0 Å². The fourth-order valence-electron chi connectivity index (χ4n) is 3.14. The van der Waals surface area contributed by atoms with Crippen molar-refractivity contribution in [1.82, 2.24) is 9.97 Å². The van der Waals surface area contributed by atoms with Crippen molar-refractivity contribution in [3.05, 3.63) is 72.1 Å². The number of rotatable bonds is 5. The van der Waals surface area contributed by atoms with E-state index < -0.39 is 0 Å². The van der Waals surface area contributed by atoms with Crippen LogP contribution in [0.3, 0.4) is 0 Å². The van der Waals surface area contributed by atoms with Crippen molar-refractivity contribution in [3.63, 3.8) is 0 Å². The van der Waals surface area contributed by atoms with Gasteiger partial charge in [-0.3, -0.25) is 0 Å². The second kappa shape index (κ2) is 8.29. The molecule has 0 atom stereocenters. The van der Waals surface area contributed by atoms with Crippen molar-refractivity contribution >= 4 is 45.6 Å². The molecule has 4 rings (SSSR count). The molecule has 2 heterocycles. The number of fused-ring (bicyclic) bond motifs is 2. The predicted molar refractivity (Wildman–Crippen MR) is 127 cm³/mol. The highest BCUT2D eigenvalue weighted by atomic mass is 15.2. The summed E-state index contributed by atoms with van der Waals surface area (Å²) in [6.45, 7) is 0. The first-order valence-electron chi connectivity index (χ1n) is 9.72. The van der Waals surface area contributed by atoms with E-state index in [4.69, 9.17) is 0 Å². The van der Waals surface area contributed by atoms with Gasteiger partial charge in [-0.05, 0) is 48.5 Å². The Morgan fingerprint density at radius 2 is 1.03 bits per heavy atom. The second-order valence-electron chi connectivity index (χ2n) is 7.50. The highest BCUT2D eigenvalue weighted by Gasteiger charge is 2.01. The number of benzene rings is 2. The number of pyridine rings is 2. The van der Waals surface area contributed by atoms with Gasteiger partial charge in [0.25, 0.3) is 0 Å². The van der Waals surface area contributed by atoms with Gasteiger partial charge in [0, 0.05) is 50.3 Å². The van der Waals surface area contributed by atoms with Gasteiger partial charge in [-0.25, -0.2) is 9.97 Å². The molecule has 0 spiro atoms. The number of aromatic nitrogens is 2. The van der Waals surface area contributed by atoms with Gasteiger partial charge < -0.3 is 9.80 Å². The maximum atomic E-state index is 4.62. The Balaban J connectivity index is 1.49. The molecule has 0 fully saturated rings. The molecule has 0 aliphatic heterocycles. The summed E-state index contributed by atoms with van der Waals surface area (Å²) >= 11 is 0. The summed E-state index contributed by atoms with van der Waals surface area (Å²) in [6.07, 6.45) is 3.31. The van der Waals surface area contributed by atoms with Gasteiger partial charge in [0.05, 0.1) is 34.9 Å². The van der Waals surface area contributed by atoms with Crippen molar-refractivity contribution in [2.24, 2.45) is 10.2 Å². The van der Waals surface area contributed by atoms with Crippen molar-refractivity contribution in [2.75, 3.05) is 38.0 Å². The molecule has 0 unspecified atom stereocenters. The predicted octanol–water partition coefficient (Wildman–Crippen LogP) is 4.37. The lowest BCUT2D eigenvalue weighted by Crippen LogP contribution is -2.08. The number of hydrogen-bond donors (Lipinski definition) is 0. The minimum absolute atomic E-state index is 0.764. The fraction of sp³-hybridized carbons (Fsp3) is 0.167. The molecule has 0 saturated carbocycles. The average Bonchev–Trinajstić information content (AvgIpc) is 2.75. The lowest BCUT2D eigenvalue weighted by Gasteiger charge is -2.12. The summed E-state index contributed by atoms with van der Waals surface area (Å²) in [6, 6.07) is 20.4. The molecule has 2 aromatic heterocycles. The van der Waals surface area contributed by atoms with Gasteiger partial charge in [-0.1, -0.05) is 12.1 Å². The Morgan fingerprint density at radius 1 is 0.600 bits per heavy atom. The van der Waals surface area contributed by atoms with Gasteiger partial charge in [0.2, 0.25) is 0 Å². The van der Waals surface area contributed by atoms with E-state index in [0.29, 0.717) is 0 Å². The molecule has 30 heavy (non-hydrogen) atoms. The zero-order valence-electron chi connectivity index (χ0n) is 17.6. The topological polar surface area (TPSA) is 57.0 Å². The molecule has 0 bridgehead atoms. The van der Waals surface area contributed by atoms with E-state index in [1.807, 2.05) is 64.6 Å². The fourth-order valence-corrected chi connectivity index (χ4v) is 3.14. The van der Waals surface area contributed by atoms with Gasteiger partial charge in [0.1, 0.15) is 0 Å². The van der Waals surface area contributed by atoms with E-state index in [2.05, 4.69) is 54.2 Å². The molecule has 0 aliphatic rings. The van der Waals surface area contributed by atoms with Crippen LogP contribution in [0.4, 0.5) is 11.4 Å². The van der Waals surface area contributed by atoms with Crippen LogP contribution in [0.25, 0.3) is 21.8 Å². The van der Waals surface area contributed by atoms with Crippen LogP contribution in [0.1, 0.15) is 11.4 Å². The van der Waals surface area contributed by atoms with Crippen molar-refractivity contribution in [3.8, 4) is 0 Å². The molecule has 0 amide bonds. The third kappa shape index (κ3) is 4.27. The van der Waals surface area contributed by atoms with E-state index in [-0.39, 0.29) is 0 Å². The summed E-state index contributed by atoms with van der Waals surface area (Å²) in [5, 5.41) is 10.5. The maximum absolute atomic E-state index is 4.62. The van der Waals surface area contributed by atoms with Gasteiger partial charge in [-0.2, -0.15) is 10.2 Å². The van der Waals surface area contributed by atoms with Crippen LogP contribution >= 0.6 is 0 Å². The molecule has 6 nitrogen and oxygen atoms in total. The quantitative estimate of drug-likeness (QED) is 0.371. The third-order valence-electron chi connectivity index (χ3n) is 4.87. The van der Waals surface area contributed by atoms with Crippen LogP contribution in [0.15, 0.2) is 70.9 Å². The first kappa shape index (κ1) is 19.5. The minimum atomic E-state index is 0.764. The van der Waals surface area contributed by atoms with E-state index in [0.717, 1.165) is 44.6 Å². The first-order valence-corrected chi connectivity index (χ1v) is 9.72. The summed E-state index contributed by atoms with van der Waals surface area (Å²) in [4.78, 5) is 13.4. The Kier molecular flexibility index (Phi) is 5.39. The standard InChI is InChI=1S/C24H24N6/c1-29(2)21-9-11-23-17(13-21)5-7-19(27-23)15-25-26-16-20-8-6-18-14-22(30(3)4)10-12-24(18)28-20/h5-16H,1-4H3/b25-15+,26-16+. The molecule has 6 heteroatoms. The normalized spacial score (nSPS) is 11.7. The monoisotopic (exact) mass is 396 g/mol. The van der Waals surface area contributed by atoms with Crippen LogP contribution in [0.5, 0.6) is 0 Å². The molecule has 4 aromatic rings. The van der Waals surface area contributed by atoms with Gasteiger partial charge in [-0.15, -0.1) is 0 Å². The summed E-state index contributed by atoms with van der Waals surface area (Å²) in [5.74, 6) is 0. The first-order chi connectivity index (χ1) is 14.5. The Hall–Kier alpha value is -3.80. The molecule has 2 aromatic carbocycles. The molecule has 0 radical (unpaired) electrons. The molecular formula is C24H24N6. The van der Waals surface area contributed by atoms with Crippen molar-refractivity contribution in [2.45, 2.75) is 0 Å². The Bertz CT molecular complexity index is 1160. The smallest absolute Gasteiger partial charge is 0.0838 e. The zero-order chi connectivity index (χ0) is 21.1. The van der Waals surface area contributed by atoms with Crippen LogP contribution in [-0.2, 0) is 0 Å². The van der Waals surface area contributed by atoms with Gasteiger partial charge >= 0.3 is 0 Å². The minimum Gasteiger partial charge on any atom is -0.378 e. The zero-order valence-corrected chi connectivity index (χ0v) is 17.6. The SMILES string of the molecule is CN(C)c1ccc2nc(/C=N/N=C/c3ccc4cc(N(C)C)ccc4n3)ccc2c1. The molecule has 0 saturated heterocycles. The third-order valence-corrected chi connectivity index (χ3v) is 4.87. The highest BCUT2D eigenvalue weighted by Crippen LogP contribution is 2.20. The van der Waals surface area contributed by atoms with E-state index in [9.17, 15) is 0 Å².